The van der Waals surface area contributed by atoms with Gasteiger partial charge in [0, 0.05) is 22.7 Å². The van der Waals surface area contributed by atoms with E-state index in [1.807, 2.05) is 18.3 Å². The summed E-state index contributed by atoms with van der Waals surface area (Å²) in [6, 6.07) is 10.8. The van der Waals surface area contributed by atoms with Crippen LogP contribution in [0, 0.1) is 0 Å². The largest absolute Gasteiger partial charge is 0.351 e. The van der Waals surface area contributed by atoms with E-state index in [4.69, 9.17) is 16.6 Å². The van der Waals surface area contributed by atoms with Gasteiger partial charge in [-0.05, 0) is 62.9 Å². The van der Waals surface area contributed by atoms with Gasteiger partial charge in [0.1, 0.15) is 0 Å². The van der Waals surface area contributed by atoms with Gasteiger partial charge in [0.15, 0.2) is 0 Å². The molecule has 24 heavy (non-hydrogen) atoms. The first-order valence-corrected chi connectivity index (χ1v) is 9.21. The van der Waals surface area contributed by atoms with Crippen LogP contribution < -0.4 is 10.6 Å². The summed E-state index contributed by atoms with van der Waals surface area (Å²) < 4.78 is 0. The van der Waals surface area contributed by atoms with E-state index < -0.39 is 0 Å². The number of anilines is 1. The zero-order chi connectivity index (χ0) is 16.4. The molecule has 1 aromatic carbocycles. The van der Waals surface area contributed by atoms with Crippen LogP contribution >= 0.6 is 11.6 Å². The van der Waals surface area contributed by atoms with E-state index in [2.05, 4.69) is 33.8 Å². The molecule has 5 heteroatoms. The average Bonchev–Trinajstić information content (AvgIpc) is 2.59. The Balaban J connectivity index is 1.74. The third kappa shape index (κ3) is 2.89. The van der Waals surface area contributed by atoms with Gasteiger partial charge in [-0.25, -0.2) is 9.97 Å². The van der Waals surface area contributed by atoms with Crippen LogP contribution in [0.15, 0.2) is 36.5 Å². The molecule has 126 valence electrons. The van der Waals surface area contributed by atoms with Crippen LogP contribution in [-0.4, -0.2) is 29.1 Å². The topological polar surface area (TPSA) is 49.8 Å². The molecule has 2 fully saturated rings. The third-order valence-electron chi connectivity index (χ3n) is 5.43. The smallest absolute Gasteiger partial charge is 0.223 e. The number of nitrogens with one attached hydrogen (secondary N) is 2. The van der Waals surface area contributed by atoms with Crippen molar-refractivity contribution in [3.05, 3.63) is 52.8 Å². The standard InChI is InChI=1S/C19H23ClN4/c20-16-7-2-1-6-15(16)19(9-12-21-13-10-19)17-8-11-22-18(24-17)23-14-4-3-5-14/h1-2,6-8,11,14,21H,3-5,9-10,12-13H2,(H,22,23,24). The van der Waals surface area contributed by atoms with Crippen LogP contribution in [0.4, 0.5) is 5.95 Å². The van der Waals surface area contributed by atoms with Crippen molar-refractivity contribution in [1.29, 1.82) is 0 Å². The Bertz CT molecular complexity index is 708. The number of piperidine rings is 1. The van der Waals surface area contributed by atoms with E-state index in [1.165, 1.54) is 24.8 Å². The van der Waals surface area contributed by atoms with Crippen molar-refractivity contribution < 1.29 is 0 Å². The summed E-state index contributed by atoms with van der Waals surface area (Å²) in [5, 5.41) is 7.76. The second kappa shape index (κ2) is 6.69. The molecule has 0 bridgehead atoms. The number of aromatic nitrogens is 2. The van der Waals surface area contributed by atoms with Crippen LogP contribution in [-0.2, 0) is 5.41 Å². The van der Waals surface area contributed by atoms with Crippen LogP contribution in [0.3, 0.4) is 0 Å². The first-order chi connectivity index (χ1) is 11.8. The first kappa shape index (κ1) is 15.9. The predicted molar refractivity (Wildman–Crippen MR) is 97.6 cm³/mol. The zero-order valence-electron chi connectivity index (χ0n) is 13.8. The number of hydrogen-bond donors (Lipinski definition) is 2. The van der Waals surface area contributed by atoms with Gasteiger partial charge in [0.25, 0.3) is 0 Å². The Labute approximate surface area is 148 Å². The minimum absolute atomic E-state index is 0.136. The lowest BCUT2D eigenvalue weighted by Gasteiger charge is -2.38. The van der Waals surface area contributed by atoms with Crippen LogP contribution in [0.5, 0.6) is 0 Å². The molecule has 2 N–H and O–H groups in total. The molecule has 4 nitrogen and oxygen atoms in total. The van der Waals surface area contributed by atoms with Gasteiger partial charge in [0.05, 0.1) is 5.69 Å². The number of benzene rings is 1. The minimum Gasteiger partial charge on any atom is -0.351 e. The van der Waals surface area contributed by atoms with Crippen LogP contribution in [0.2, 0.25) is 5.02 Å². The molecule has 1 aliphatic heterocycles. The molecule has 0 spiro atoms. The molecular weight excluding hydrogens is 320 g/mol. The lowest BCUT2D eigenvalue weighted by atomic mass is 9.70. The number of hydrogen-bond acceptors (Lipinski definition) is 4. The van der Waals surface area contributed by atoms with Crippen molar-refractivity contribution in [3.63, 3.8) is 0 Å². The molecular formula is C19H23ClN4. The maximum atomic E-state index is 6.57. The molecule has 2 aromatic rings. The van der Waals surface area contributed by atoms with Crippen molar-refractivity contribution >= 4 is 17.5 Å². The highest BCUT2D eigenvalue weighted by molar-refractivity contribution is 6.31. The lowest BCUT2D eigenvalue weighted by Crippen LogP contribution is -2.41. The van der Waals surface area contributed by atoms with Gasteiger partial charge >= 0.3 is 0 Å². The number of nitrogens with zero attached hydrogens (tertiary/aromatic N) is 2. The Morgan fingerprint density at radius 1 is 1.12 bits per heavy atom. The second-order valence-electron chi connectivity index (χ2n) is 6.85. The summed E-state index contributed by atoms with van der Waals surface area (Å²) in [5.41, 5.74) is 2.12. The Morgan fingerprint density at radius 2 is 1.92 bits per heavy atom. The highest BCUT2D eigenvalue weighted by atomic mass is 35.5. The fraction of sp³-hybridized carbons (Fsp3) is 0.474. The molecule has 1 aliphatic carbocycles. The molecule has 0 amide bonds. The molecule has 1 saturated heterocycles. The van der Waals surface area contributed by atoms with Crippen LogP contribution in [0.25, 0.3) is 0 Å². The Hall–Kier alpha value is -1.65. The van der Waals surface area contributed by atoms with Gasteiger partial charge in [-0.2, -0.15) is 0 Å². The molecule has 1 saturated carbocycles. The van der Waals surface area contributed by atoms with Crippen molar-refractivity contribution in [1.82, 2.24) is 15.3 Å². The molecule has 0 atom stereocenters. The fourth-order valence-corrected chi connectivity index (χ4v) is 4.11. The van der Waals surface area contributed by atoms with Gasteiger partial charge < -0.3 is 10.6 Å². The van der Waals surface area contributed by atoms with E-state index in [-0.39, 0.29) is 5.41 Å². The van der Waals surface area contributed by atoms with Crippen molar-refractivity contribution in [2.45, 2.75) is 43.6 Å². The minimum atomic E-state index is -0.136. The molecule has 0 radical (unpaired) electrons. The fourth-order valence-electron chi connectivity index (χ4n) is 3.80. The summed E-state index contributed by atoms with van der Waals surface area (Å²) >= 11 is 6.57. The van der Waals surface area contributed by atoms with Crippen molar-refractivity contribution in [3.8, 4) is 0 Å². The summed E-state index contributed by atoms with van der Waals surface area (Å²) in [4.78, 5) is 9.33. The summed E-state index contributed by atoms with van der Waals surface area (Å²) in [7, 11) is 0. The van der Waals surface area contributed by atoms with Gasteiger partial charge in [-0.15, -0.1) is 0 Å². The highest BCUT2D eigenvalue weighted by Crippen LogP contribution is 2.42. The van der Waals surface area contributed by atoms with E-state index in [9.17, 15) is 0 Å². The lowest BCUT2D eigenvalue weighted by molar-refractivity contribution is 0.354. The molecule has 4 rings (SSSR count). The van der Waals surface area contributed by atoms with Gasteiger partial charge in [-0.1, -0.05) is 29.8 Å². The summed E-state index contributed by atoms with van der Waals surface area (Å²) in [6.07, 6.45) is 7.60. The quantitative estimate of drug-likeness (QED) is 0.888. The maximum absolute atomic E-state index is 6.57. The Kier molecular flexibility index (Phi) is 4.42. The van der Waals surface area contributed by atoms with E-state index in [0.717, 1.165) is 42.6 Å². The molecule has 2 heterocycles. The molecule has 0 unspecified atom stereocenters. The molecule has 1 aromatic heterocycles. The van der Waals surface area contributed by atoms with Gasteiger partial charge in [0.2, 0.25) is 5.95 Å². The number of rotatable bonds is 4. The Morgan fingerprint density at radius 3 is 2.62 bits per heavy atom. The summed E-state index contributed by atoms with van der Waals surface area (Å²) in [6.45, 7) is 1.95. The summed E-state index contributed by atoms with van der Waals surface area (Å²) in [5.74, 6) is 0.752. The first-order valence-electron chi connectivity index (χ1n) is 8.84. The third-order valence-corrected chi connectivity index (χ3v) is 5.76. The maximum Gasteiger partial charge on any atom is 0.223 e. The second-order valence-corrected chi connectivity index (χ2v) is 7.26. The molecule has 2 aliphatic rings. The highest BCUT2D eigenvalue weighted by Gasteiger charge is 2.38. The zero-order valence-corrected chi connectivity index (χ0v) is 14.5. The van der Waals surface area contributed by atoms with Gasteiger partial charge in [-0.3, -0.25) is 0 Å². The average molecular weight is 343 g/mol. The van der Waals surface area contributed by atoms with E-state index in [0.29, 0.717) is 6.04 Å². The predicted octanol–water partition coefficient (Wildman–Crippen LogP) is 3.76. The van der Waals surface area contributed by atoms with E-state index in [1.54, 1.807) is 0 Å². The monoisotopic (exact) mass is 342 g/mol. The van der Waals surface area contributed by atoms with Crippen molar-refractivity contribution in [2.24, 2.45) is 0 Å². The van der Waals surface area contributed by atoms with E-state index >= 15 is 0 Å². The van der Waals surface area contributed by atoms with Crippen LogP contribution in [0.1, 0.15) is 43.4 Å². The number of halogens is 1. The van der Waals surface area contributed by atoms with Crippen molar-refractivity contribution in [2.75, 3.05) is 18.4 Å². The SMILES string of the molecule is Clc1ccccc1C1(c2ccnc(NC3CCC3)n2)CCNCC1. The normalized spacial score (nSPS) is 20.4.